The Hall–Kier alpha value is -0.770. The number of piperidine rings is 1. The molecule has 0 aromatic heterocycles. The predicted molar refractivity (Wildman–Crippen MR) is 41.9 cm³/mol. The van der Waals surface area contributed by atoms with Crippen molar-refractivity contribution >= 4 is 6.09 Å². The van der Waals surface area contributed by atoms with Crippen LogP contribution in [0.2, 0.25) is 0 Å². The Labute approximate surface area is 71.4 Å². The van der Waals surface area contributed by atoms with E-state index < -0.39 is 0 Å². The van der Waals surface area contributed by atoms with Crippen molar-refractivity contribution < 1.29 is 14.3 Å². The summed E-state index contributed by atoms with van der Waals surface area (Å²) in [4.78, 5) is 12.9. The summed E-state index contributed by atoms with van der Waals surface area (Å²) in [6, 6.07) is 0. The van der Waals surface area contributed by atoms with Gasteiger partial charge in [-0.15, -0.1) is 0 Å². The van der Waals surface area contributed by atoms with E-state index in [0.29, 0.717) is 25.4 Å². The van der Waals surface area contributed by atoms with Crippen molar-refractivity contribution in [3.63, 3.8) is 0 Å². The van der Waals surface area contributed by atoms with Gasteiger partial charge in [0.05, 0.1) is 19.3 Å². The Balaban J connectivity index is 1.83. The second kappa shape index (κ2) is 2.94. The molecule has 4 nitrogen and oxygen atoms in total. The molecule has 2 rings (SSSR count). The molecule has 2 atom stereocenters. The molecule has 1 amide bonds. The van der Waals surface area contributed by atoms with Gasteiger partial charge >= 0.3 is 6.09 Å². The normalized spacial score (nSPS) is 32.6. The number of hydrogen-bond donors (Lipinski definition) is 0. The summed E-state index contributed by atoms with van der Waals surface area (Å²) in [5.74, 6) is 0. The van der Waals surface area contributed by atoms with Gasteiger partial charge in [-0.3, -0.25) is 0 Å². The Morgan fingerprint density at radius 2 is 2.50 bits per heavy atom. The average molecular weight is 171 g/mol. The number of rotatable bonds is 1. The van der Waals surface area contributed by atoms with Crippen LogP contribution < -0.4 is 0 Å². The summed E-state index contributed by atoms with van der Waals surface area (Å²) in [6.45, 7) is 3.76. The summed E-state index contributed by atoms with van der Waals surface area (Å²) in [6.07, 6.45) is 1.48. The van der Waals surface area contributed by atoms with Gasteiger partial charge in [-0.05, 0) is 13.3 Å². The van der Waals surface area contributed by atoms with E-state index in [1.54, 1.807) is 4.90 Å². The standard InChI is InChI=1S/C8H13NO3/c1-2-11-8(10)9-4-3-6-7(5-9)12-6/h6-7H,2-5H2,1H3/t6-,7-/m0/s1. The van der Waals surface area contributed by atoms with E-state index >= 15 is 0 Å². The molecule has 0 saturated carbocycles. The van der Waals surface area contributed by atoms with Crippen molar-refractivity contribution in [2.45, 2.75) is 25.6 Å². The number of hydrogen-bond acceptors (Lipinski definition) is 3. The maximum Gasteiger partial charge on any atom is 0.409 e. The highest BCUT2D eigenvalue weighted by Gasteiger charge is 2.44. The Bertz CT molecular complexity index is 195. The third-order valence-corrected chi connectivity index (χ3v) is 2.30. The van der Waals surface area contributed by atoms with Gasteiger partial charge in [-0.1, -0.05) is 0 Å². The summed E-state index contributed by atoms with van der Waals surface area (Å²) in [7, 11) is 0. The molecular formula is C8H13NO3. The molecule has 2 aliphatic rings. The molecular weight excluding hydrogens is 158 g/mol. The molecule has 0 aromatic carbocycles. The van der Waals surface area contributed by atoms with Crippen LogP contribution in [0.5, 0.6) is 0 Å². The molecule has 68 valence electrons. The van der Waals surface area contributed by atoms with Crippen LogP contribution in [0.3, 0.4) is 0 Å². The zero-order chi connectivity index (χ0) is 8.55. The van der Waals surface area contributed by atoms with Crippen molar-refractivity contribution in [3.05, 3.63) is 0 Å². The van der Waals surface area contributed by atoms with Crippen LogP contribution in [-0.2, 0) is 9.47 Å². The van der Waals surface area contributed by atoms with Crippen molar-refractivity contribution in [3.8, 4) is 0 Å². The van der Waals surface area contributed by atoms with Gasteiger partial charge in [0.15, 0.2) is 0 Å². The van der Waals surface area contributed by atoms with Crippen molar-refractivity contribution in [1.29, 1.82) is 0 Å². The van der Waals surface area contributed by atoms with Crippen LogP contribution in [0.1, 0.15) is 13.3 Å². The Morgan fingerprint density at radius 3 is 3.17 bits per heavy atom. The number of nitrogens with zero attached hydrogens (tertiary/aromatic N) is 1. The predicted octanol–water partition coefficient (Wildman–Crippen LogP) is 0.616. The molecule has 0 aromatic rings. The van der Waals surface area contributed by atoms with Gasteiger partial charge in [0.25, 0.3) is 0 Å². The van der Waals surface area contributed by atoms with Crippen LogP contribution in [0.25, 0.3) is 0 Å². The van der Waals surface area contributed by atoms with Gasteiger partial charge in [-0.25, -0.2) is 4.79 Å². The largest absolute Gasteiger partial charge is 0.450 e. The second-order valence-corrected chi connectivity index (χ2v) is 3.15. The molecule has 0 unspecified atom stereocenters. The van der Waals surface area contributed by atoms with E-state index in [1.165, 1.54) is 0 Å². The number of amides is 1. The first-order chi connectivity index (χ1) is 5.81. The summed E-state index contributed by atoms with van der Waals surface area (Å²) >= 11 is 0. The Kier molecular flexibility index (Phi) is 1.92. The number of ether oxygens (including phenoxy) is 2. The third kappa shape index (κ3) is 1.39. The molecule has 2 saturated heterocycles. The van der Waals surface area contributed by atoms with E-state index in [1.807, 2.05) is 6.92 Å². The Morgan fingerprint density at radius 1 is 1.67 bits per heavy atom. The van der Waals surface area contributed by atoms with Crippen molar-refractivity contribution in [2.75, 3.05) is 19.7 Å². The monoisotopic (exact) mass is 171 g/mol. The fourth-order valence-electron chi connectivity index (χ4n) is 1.57. The molecule has 0 bridgehead atoms. The molecule has 0 aliphatic carbocycles. The zero-order valence-corrected chi connectivity index (χ0v) is 7.16. The molecule has 0 N–H and O–H groups in total. The topological polar surface area (TPSA) is 42.1 Å². The van der Waals surface area contributed by atoms with Crippen LogP contribution in [-0.4, -0.2) is 42.9 Å². The fourth-order valence-corrected chi connectivity index (χ4v) is 1.57. The molecule has 0 radical (unpaired) electrons. The molecule has 4 heteroatoms. The van der Waals surface area contributed by atoms with Crippen molar-refractivity contribution in [1.82, 2.24) is 4.90 Å². The number of fused-ring (bicyclic) bond motifs is 1. The van der Waals surface area contributed by atoms with Crippen LogP contribution >= 0.6 is 0 Å². The highest BCUT2D eigenvalue weighted by Crippen LogP contribution is 2.30. The van der Waals surface area contributed by atoms with Gasteiger partial charge in [-0.2, -0.15) is 0 Å². The number of epoxide rings is 1. The van der Waals surface area contributed by atoms with Crippen LogP contribution in [0.15, 0.2) is 0 Å². The molecule has 2 heterocycles. The third-order valence-electron chi connectivity index (χ3n) is 2.30. The quantitative estimate of drug-likeness (QED) is 0.543. The van der Waals surface area contributed by atoms with Crippen LogP contribution in [0.4, 0.5) is 4.79 Å². The first kappa shape index (κ1) is 7.86. The first-order valence-electron chi connectivity index (χ1n) is 4.38. The number of carbonyl (C=O) groups excluding carboxylic acids is 1. The van der Waals surface area contributed by atoms with Gasteiger partial charge < -0.3 is 14.4 Å². The SMILES string of the molecule is CCOC(=O)N1CC[C@@H]2O[C@H]2C1. The lowest BCUT2D eigenvalue weighted by Crippen LogP contribution is -2.39. The minimum Gasteiger partial charge on any atom is -0.450 e. The van der Waals surface area contributed by atoms with E-state index in [0.717, 1.165) is 13.0 Å². The summed E-state index contributed by atoms with van der Waals surface area (Å²) in [5, 5.41) is 0. The van der Waals surface area contributed by atoms with Gasteiger partial charge in [0, 0.05) is 6.54 Å². The maximum absolute atomic E-state index is 11.2. The van der Waals surface area contributed by atoms with E-state index in [4.69, 9.17) is 9.47 Å². The lowest BCUT2D eigenvalue weighted by molar-refractivity contribution is 0.103. The smallest absolute Gasteiger partial charge is 0.409 e. The lowest BCUT2D eigenvalue weighted by atomic mass is 10.1. The number of likely N-dealkylation sites (tertiary alicyclic amines) is 1. The highest BCUT2D eigenvalue weighted by molar-refractivity contribution is 5.67. The maximum atomic E-state index is 11.2. The van der Waals surface area contributed by atoms with Crippen molar-refractivity contribution in [2.24, 2.45) is 0 Å². The van der Waals surface area contributed by atoms with Gasteiger partial charge in [0.1, 0.15) is 6.10 Å². The highest BCUT2D eigenvalue weighted by atomic mass is 16.6. The number of carbonyl (C=O) groups is 1. The molecule has 12 heavy (non-hydrogen) atoms. The van der Waals surface area contributed by atoms with Crippen LogP contribution in [0, 0.1) is 0 Å². The first-order valence-corrected chi connectivity index (χ1v) is 4.38. The summed E-state index contributed by atoms with van der Waals surface area (Å²) < 4.78 is 10.2. The van der Waals surface area contributed by atoms with E-state index in [9.17, 15) is 4.79 Å². The minimum absolute atomic E-state index is 0.202. The summed E-state index contributed by atoms with van der Waals surface area (Å²) in [5.41, 5.74) is 0. The zero-order valence-electron chi connectivity index (χ0n) is 7.16. The average Bonchev–Trinajstić information content (AvgIpc) is 2.81. The second-order valence-electron chi connectivity index (χ2n) is 3.15. The molecule has 0 spiro atoms. The lowest BCUT2D eigenvalue weighted by Gasteiger charge is -2.23. The molecule has 2 fully saturated rings. The van der Waals surface area contributed by atoms with E-state index in [2.05, 4.69) is 0 Å². The van der Waals surface area contributed by atoms with Gasteiger partial charge in [0.2, 0.25) is 0 Å². The molecule has 2 aliphatic heterocycles. The fraction of sp³-hybridized carbons (Fsp3) is 0.875. The minimum atomic E-state index is -0.202. The van der Waals surface area contributed by atoms with E-state index in [-0.39, 0.29) is 6.09 Å².